The number of methoxy groups -OCH3 is 1. The van der Waals surface area contributed by atoms with Gasteiger partial charge in [-0.2, -0.15) is 0 Å². The number of carbonyl (C=O) groups is 1. The summed E-state index contributed by atoms with van der Waals surface area (Å²) in [7, 11) is 1.40. The first-order chi connectivity index (χ1) is 9.45. The summed E-state index contributed by atoms with van der Waals surface area (Å²) >= 11 is 5.94. The molecule has 106 valence electrons. The van der Waals surface area contributed by atoms with Crippen molar-refractivity contribution in [1.82, 2.24) is 5.32 Å². The molecular weight excluding hydrogens is 274 g/mol. The van der Waals surface area contributed by atoms with Crippen molar-refractivity contribution in [3.8, 4) is 0 Å². The molecule has 1 aromatic carbocycles. The number of hydrogen-bond donors (Lipinski definition) is 1. The van der Waals surface area contributed by atoms with E-state index in [-0.39, 0.29) is 11.9 Å². The van der Waals surface area contributed by atoms with Crippen LogP contribution >= 0.6 is 11.6 Å². The number of nitrogens with one attached hydrogen (secondary N) is 1. The number of benzene rings is 1. The third-order valence-corrected chi connectivity index (χ3v) is 3.95. The highest BCUT2D eigenvalue weighted by Crippen LogP contribution is 2.38. The Morgan fingerprint density at radius 3 is 2.30 bits per heavy atom. The first-order valence-corrected chi connectivity index (χ1v) is 6.82. The van der Waals surface area contributed by atoms with Crippen LogP contribution in [0.3, 0.4) is 0 Å². The predicted molar refractivity (Wildman–Crippen MR) is 80.4 cm³/mol. The summed E-state index contributed by atoms with van der Waals surface area (Å²) in [6.45, 7) is 5.93. The lowest BCUT2D eigenvalue weighted by molar-refractivity contribution is -0.136. The smallest absolute Gasteiger partial charge is 0.336 e. The van der Waals surface area contributed by atoms with E-state index in [0.29, 0.717) is 10.6 Å². The number of allylic oxidation sites excluding steroid dienone is 3. The summed E-state index contributed by atoms with van der Waals surface area (Å²) < 4.78 is 4.93. The molecular formula is C16H18ClNO2. The summed E-state index contributed by atoms with van der Waals surface area (Å²) in [6.07, 6.45) is 0. The van der Waals surface area contributed by atoms with E-state index in [0.717, 1.165) is 22.5 Å². The van der Waals surface area contributed by atoms with Crippen molar-refractivity contribution in [1.29, 1.82) is 0 Å². The molecule has 1 heterocycles. The van der Waals surface area contributed by atoms with E-state index >= 15 is 0 Å². The van der Waals surface area contributed by atoms with Gasteiger partial charge in [0, 0.05) is 22.3 Å². The largest absolute Gasteiger partial charge is 0.466 e. The van der Waals surface area contributed by atoms with Gasteiger partial charge < -0.3 is 10.1 Å². The first kappa shape index (κ1) is 14.7. The van der Waals surface area contributed by atoms with Crippen LogP contribution in [-0.4, -0.2) is 13.1 Å². The number of carbonyl (C=O) groups excluding carboxylic acids is 1. The van der Waals surface area contributed by atoms with Gasteiger partial charge in [-0.05, 0) is 44.0 Å². The van der Waals surface area contributed by atoms with E-state index in [1.165, 1.54) is 7.11 Å². The van der Waals surface area contributed by atoms with Crippen LogP contribution in [0, 0.1) is 0 Å². The Morgan fingerprint density at radius 1 is 1.15 bits per heavy atom. The Balaban J connectivity index is 2.56. The zero-order valence-corrected chi connectivity index (χ0v) is 12.8. The number of hydrogen-bond acceptors (Lipinski definition) is 3. The van der Waals surface area contributed by atoms with Gasteiger partial charge in [0.2, 0.25) is 0 Å². The van der Waals surface area contributed by atoms with Gasteiger partial charge in [0.15, 0.2) is 0 Å². The third-order valence-electron chi connectivity index (χ3n) is 3.70. The molecule has 0 amide bonds. The zero-order valence-electron chi connectivity index (χ0n) is 12.1. The van der Waals surface area contributed by atoms with Crippen molar-refractivity contribution >= 4 is 17.6 Å². The van der Waals surface area contributed by atoms with Crippen molar-refractivity contribution in [2.75, 3.05) is 7.11 Å². The summed E-state index contributed by atoms with van der Waals surface area (Å²) in [5.41, 5.74) is 4.69. The molecule has 2 rings (SSSR count). The van der Waals surface area contributed by atoms with Gasteiger partial charge in [0.05, 0.1) is 12.7 Å². The number of esters is 1. The van der Waals surface area contributed by atoms with Gasteiger partial charge in [0.25, 0.3) is 0 Å². The molecule has 0 aromatic heterocycles. The maximum atomic E-state index is 12.1. The highest BCUT2D eigenvalue weighted by molar-refractivity contribution is 6.30. The minimum absolute atomic E-state index is 0.0963. The summed E-state index contributed by atoms with van der Waals surface area (Å²) in [6, 6.07) is 7.58. The predicted octanol–water partition coefficient (Wildman–Crippen LogP) is 3.77. The molecule has 1 unspecified atom stereocenters. The lowest BCUT2D eigenvalue weighted by atomic mass is 9.81. The second kappa shape index (κ2) is 5.71. The van der Waals surface area contributed by atoms with Gasteiger partial charge in [0.1, 0.15) is 0 Å². The molecule has 1 N–H and O–H groups in total. The van der Waals surface area contributed by atoms with Crippen LogP contribution < -0.4 is 5.32 Å². The second-order valence-corrected chi connectivity index (χ2v) is 5.38. The Morgan fingerprint density at radius 2 is 1.75 bits per heavy atom. The van der Waals surface area contributed by atoms with E-state index in [1.807, 2.05) is 45.0 Å². The minimum atomic E-state index is -0.304. The fourth-order valence-electron chi connectivity index (χ4n) is 2.55. The molecule has 0 fully saturated rings. The van der Waals surface area contributed by atoms with Crippen LogP contribution in [0.4, 0.5) is 0 Å². The lowest BCUT2D eigenvalue weighted by Crippen LogP contribution is -2.27. The van der Waals surface area contributed by atoms with Crippen molar-refractivity contribution in [2.24, 2.45) is 0 Å². The molecule has 1 aliphatic rings. The Bertz CT molecular complexity index is 599. The van der Waals surface area contributed by atoms with Crippen LogP contribution in [0.25, 0.3) is 0 Å². The Hall–Kier alpha value is -1.74. The third kappa shape index (κ3) is 2.59. The van der Waals surface area contributed by atoms with Crippen LogP contribution in [0.15, 0.2) is 46.8 Å². The van der Waals surface area contributed by atoms with Crippen molar-refractivity contribution < 1.29 is 9.53 Å². The SMILES string of the molecule is COC(=O)C1=C(C)NC(C)=C(C)C1c1ccc(Cl)cc1. The quantitative estimate of drug-likeness (QED) is 0.843. The summed E-state index contributed by atoms with van der Waals surface area (Å²) in [5, 5.41) is 3.92. The highest BCUT2D eigenvalue weighted by Gasteiger charge is 2.31. The van der Waals surface area contributed by atoms with Gasteiger partial charge in [-0.15, -0.1) is 0 Å². The minimum Gasteiger partial charge on any atom is -0.466 e. The van der Waals surface area contributed by atoms with Crippen molar-refractivity contribution in [3.63, 3.8) is 0 Å². The van der Waals surface area contributed by atoms with Gasteiger partial charge in [-0.3, -0.25) is 0 Å². The molecule has 0 aliphatic carbocycles. The maximum absolute atomic E-state index is 12.1. The van der Waals surface area contributed by atoms with E-state index in [1.54, 1.807) is 0 Å². The van der Waals surface area contributed by atoms with Crippen LogP contribution in [0.1, 0.15) is 32.3 Å². The molecule has 0 saturated carbocycles. The number of dihydropyridines is 1. The molecule has 0 radical (unpaired) electrons. The van der Waals surface area contributed by atoms with E-state index < -0.39 is 0 Å². The normalized spacial score (nSPS) is 18.9. The topological polar surface area (TPSA) is 38.3 Å². The number of halogens is 1. The Labute approximate surface area is 124 Å². The number of ether oxygens (including phenoxy) is 1. The van der Waals surface area contributed by atoms with Gasteiger partial charge in [-0.25, -0.2) is 4.79 Å². The van der Waals surface area contributed by atoms with E-state index in [4.69, 9.17) is 16.3 Å². The monoisotopic (exact) mass is 291 g/mol. The zero-order chi connectivity index (χ0) is 14.9. The second-order valence-electron chi connectivity index (χ2n) is 4.95. The first-order valence-electron chi connectivity index (χ1n) is 6.44. The molecule has 20 heavy (non-hydrogen) atoms. The molecule has 0 bridgehead atoms. The standard InChI is InChI=1S/C16H18ClNO2/c1-9-10(2)18-11(3)15(16(19)20-4)14(9)12-5-7-13(17)8-6-12/h5-8,14,18H,1-4H3. The maximum Gasteiger partial charge on any atom is 0.336 e. The molecule has 1 atom stereocenters. The van der Waals surface area contributed by atoms with Gasteiger partial charge >= 0.3 is 5.97 Å². The fraction of sp³-hybridized carbons (Fsp3) is 0.312. The average Bonchev–Trinajstić information content (AvgIpc) is 2.43. The van der Waals surface area contributed by atoms with E-state index in [2.05, 4.69) is 5.32 Å². The molecule has 1 aliphatic heterocycles. The van der Waals surface area contributed by atoms with E-state index in [9.17, 15) is 4.79 Å². The highest BCUT2D eigenvalue weighted by atomic mass is 35.5. The van der Waals surface area contributed by atoms with Gasteiger partial charge in [-0.1, -0.05) is 23.7 Å². The van der Waals surface area contributed by atoms with Crippen molar-refractivity contribution in [2.45, 2.75) is 26.7 Å². The molecule has 3 nitrogen and oxygen atoms in total. The molecule has 0 saturated heterocycles. The summed E-state index contributed by atoms with van der Waals surface area (Å²) in [5.74, 6) is -0.400. The molecule has 1 aromatic rings. The lowest BCUT2D eigenvalue weighted by Gasteiger charge is -2.29. The molecule has 0 spiro atoms. The van der Waals surface area contributed by atoms with Crippen LogP contribution in [-0.2, 0) is 9.53 Å². The summed E-state index contributed by atoms with van der Waals surface area (Å²) in [4.78, 5) is 12.1. The van der Waals surface area contributed by atoms with Crippen LogP contribution in [0.5, 0.6) is 0 Å². The Kier molecular flexibility index (Phi) is 4.19. The number of rotatable bonds is 2. The van der Waals surface area contributed by atoms with Crippen molar-refractivity contribution in [3.05, 3.63) is 57.4 Å². The van der Waals surface area contributed by atoms with Crippen LogP contribution in [0.2, 0.25) is 5.02 Å². The fourth-order valence-corrected chi connectivity index (χ4v) is 2.68. The average molecular weight is 292 g/mol. The molecule has 4 heteroatoms.